The average Bonchev–Trinajstić information content (AvgIpc) is 2.46. The molecule has 0 bridgehead atoms. The molecule has 1 aliphatic heterocycles. The largest absolute Gasteiger partial charge is 0.624 e. The number of halogens is 1. The van der Waals surface area contributed by atoms with Gasteiger partial charge in [0.2, 0.25) is 5.71 Å². The van der Waals surface area contributed by atoms with Crippen LogP contribution in [0, 0.1) is 11.0 Å². The van der Waals surface area contributed by atoms with Crippen molar-refractivity contribution in [2.75, 3.05) is 13.7 Å². The van der Waals surface area contributed by atoms with Gasteiger partial charge >= 0.3 is 0 Å². The Bertz CT molecular complexity index is 383. The summed E-state index contributed by atoms with van der Waals surface area (Å²) in [7, 11) is 1.37. The Balaban J connectivity index is 2.59. The lowest BCUT2D eigenvalue weighted by atomic mass is 10.1. The highest BCUT2D eigenvalue weighted by Gasteiger charge is 2.25. The number of rotatable bonds is 0. The Labute approximate surface area is 74.7 Å². The first kappa shape index (κ1) is 8.04. The summed E-state index contributed by atoms with van der Waals surface area (Å²) in [6.45, 7) is 0.221. The van der Waals surface area contributed by atoms with Crippen molar-refractivity contribution in [3.8, 4) is 5.75 Å². The maximum absolute atomic E-state index is 12.8. The van der Waals surface area contributed by atoms with Gasteiger partial charge in [-0.2, -0.15) is 0 Å². The van der Waals surface area contributed by atoms with Crippen molar-refractivity contribution in [2.45, 2.75) is 0 Å². The van der Waals surface area contributed by atoms with Gasteiger partial charge < -0.3 is 9.94 Å². The second-order valence-corrected chi connectivity index (χ2v) is 2.87. The molecule has 1 heterocycles. The zero-order valence-corrected chi connectivity index (χ0v) is 7.08. The van der Waals surface area contributed by atoms with E-state index in [1.807, 2.05) is 0 Å². The van der Waals surface area contributed by atoms with Crippen LogP contribution in [0.1, 0.15) is 5.56 Å². The second-order valence-electron chi connectivity index (χ2n) is 2.87. The van der Waals surface area contributed by atoms with Crippen molar-refractivity contribution < 1.29 is 13.9 Å². The third-order valence-corrected chi connectivity index (χ3v) is 2.00. The van der Waals surface area contributed by atoms with Crippen LogP contribution < -0.4 is 4.74 Å². The molecule has 0 N–H and O–H groups in total. The highest BCUT2D eigenvalue weighted by molar-refractivity contribution is 6.02. The molecular formula is C9H8FNO2. The molecule has 0 saturated heterocycles. The van der Waals surface area contributed by atoms with Crippen molar-refractivity contribution in [2.24, 2.45) is 0 Å². The third kappa shape index (κ3) is 1.24. The minimum Gasteiger partial charge on any atom is -0.624 e. The summed E-state index contributed by atoms with van der Waals surface area (Å²) < 4.78 is 18.7. The van der Waals surface area contributed by atoms with Gasteiger partial charge in [0.05, 0.1) is 5.56 Å². The molecule has 2 rings (SSSR count). The van der Waals surface area contributed by atoms with Crippen LogP contribution in [0.15, 0.2) is 18.2 Å². The summed E-state index contributed by atoms with van der Waals surface area (Å²) in [4.78, 5) is 0. The Morgan fingerprint density at radius 1 is 1.54 bits per heavy atom. The number of fused-ring (bicyclic) bond motifs is 1. The van der Waals surface area contributed by atoms with E-state index in [-0.39, 0.29) is 12.4 Å². The summed E-state index contributed by atoms with van der Waals surface area (Å²) in [6.07, 6.45) is 0. The molecule has 0 fully saturated rings. The predicted octanol–water partition coefficient (Wildman–Crippen LogP) is 1.15. The molecule has 1 aliphatic rings. The van der Waals surface area contributed by atoms with E-state index < -0.39 is 0 Å². The van der Waals surface area contributed by atoms with Gasteiger partial charge in [0.15, 0.2) is 6.61 Å². The SMILES string of the molecule is C/[N+]([O-])=C1/COc2ccc(F)cc21. The zero-order valence-electron chi connectivity index (χ0n) is 7.08. The molecule has 0 atom stereocenters. The molecule has 0 aromatic heterocycles. The summed E-state index contributed by atoms with van der Waals surface area (Å²) in [6, 6.07) is 4.15. The minimum atomic E-state index is -0.358. The van der Waals surface area contributed by atoms with Gasteiger partial charge in [-0.25, -0.2) is 9.13 Å². The minimum absolute atomic E-state index is 0.221. The fourth-order valence-corrected chi connectivity index (χ4v) is 1.34. The topological polar surface area (TPSA) is 35.3 Å². The van der Waals surface area contributed by atoms with Crippen molar-refractivity contribution in [3.05, 3.63) is 34.8 Å². The van der Waals surface area contributed by atoms with Gasteiger partial charge in [-0.15, -0.1) is 0 Å². The molecule has 1 aromatic rings. The number of hydroxylamine groups is 1. The van der Waals surface area contributed by atoms with Crippen LogP contribution in [0.3, 0.4) is 0 Å². The van der Waals surface area contributed by atoms with Crippen LogP contribution in [0.5, 0.6) is 5.75 Å². The predicted molar refractivity (Wildman–Crippen MR) is 45.6 cm³/mol. The van der Waals surface area contributed by atoms with E-state index in [2.05, 4.69) is 0 Å². The summed E-state index contributed by atoms with van der Waals surface area (Å²) in [5.74, 6) is 0.211. The van der Waals surface area contributed by atoms with E-state index in [1.54, 1.807) is 0 Å². The fraction of sp³-hybridized carbons (Fsp3) is 0.222. The Kier molecular flexibility index (Phi) is 1.69. The zero-order chi connectivity index (χ0) is 9.42. The van der Waals surface area contributed by atoms with E-state index in [1.165, 1.54) is 25.2 Å². The highest BCUT2D eigenvalue weighted by Crippen LogP contribution is 2.25. The van der Waals surface area contributed by atoms with E-state index in [0.717, 1.165) is 0 Å². The molecule has 3 nitrogen and oxygen atoms in total. The molecule has 0 radical (unpaired) electrons. The summed E-state index contributed by atoms with van der Waals surface area (Å²) in [5.41, 5.74) is 1.02. The van der Waals surface area contributed by atoms with Crippen molar-refractivity contribution in [1.29, 1.82) is 0 Å². The lowest BCUT2D eigenvalue weighted by molar-refractivity contribution is -0.423. The first-order chi connectivity index (χ1) is 6.18. The van der Waals surface area contributed by atoms with Crippen molar-refractivity contribution in [1.82, 2.24) is 0 Å². The molecule has 0 aliphatic carbocycles. The Morgan fingerprint density at radius 3 is 3.00 bits per heavy atom. The lowest BCUT2D eigenvalue weighted by Crippen LogP contribution is -2.14. The monoisotopic (exact) mass is 181 g/mol. The molecule has 0 unspecified atom stereocenters. The van der Waals surface area contributed by atoms with E-state index in [9.17, 15) is 9.60 Å². The van der Waals surface area contributed by atoms with Gasteiger partial charge in [-0.3, -0.25) is 0 Å². The number of hydrogen-bond acceptors (Lipinski definition) is 2. The number of hydrogen-bond donors (Lipinski definition) is 0. The molecule has 0 saturated carbocycles. The van der Waals surface area contributed by atoms with Crippen LogP contribution in [-0.2, 0) is 0 Å². The van der Waals surface area contributed by atoms with Gasteiger partial charge in [0.25, 0.3) is 0 Å². The first-order valence-corrected chi connectivity index (χ1v) is 3.88. The van der Waals surface area contributed by atoms with E-state index in [0.29, 0.717) is 21.8 Å². The second kappa shape index (κ2) is 2.73. The maximum atomic E-state index is 12.8. The normalized spacial score (nSPS) is 18.0. The number of nitrogens with zero attached hydrogens (tertiary/aromatic N) is 1. The molecule has 68 valence electrons. The molecular weight excluding hydrogens is 173 g/mol. The van der Waals surface area contributed by atoms with Crippen LogP contribution in [0.2, 0.25) is 0 Å². The average molecular weight is 181 g/mol. The van der Waals surface area contributed by atoms with Crippen LogP contribution >= 0.6 is 0 Å². The standard InChI is InChI=1S/C9H8FNO2/c1-11(12)8-5-13-9-3-2-6(10)4-7(8)9/h2-4H,5H2,1H3/b11-8+. The quantitative estimate of drug-likeness (QED) is 0.342. The summed E-state index contributed by atoms with van der Waals surface area (Å²) >= 11 is 0. The van der Waals surface area contributed by atoms with E-state index in [4.69, 9.17) is 4.74 Å². The van der Waals surface area contributed by atoms with Gasteiger partial charge in [0, 0.05) is 0 Å². The molecule has 0 amide bonds. The maximum Gasteiger partial charge on any atom is 0.235 e. The molecule has 13 heavy (non-hydrogen) atoms. The number of benzene rings is 1. The van der Waals surface area contributed by atoms with Crippen LogP contribution in [-0.4, -0.2) is 24.1 Å². The Hall–Kier alpha value is -1.58. The third-order valence-electron chi connectivity index (χ3n) is 2.00. The van der Waals surface area contributed by atoms with Crippen molar-refractivity contribution in [3.63, 3.8) is 0 Å². The smallest absolute Gasteiger partial charge is 0.235 e. The summed E-state index contributed by atoms with van der Waals surface area (Å²) in [5, 5.41) is 11.0. The molecule has 1 aromatic carbocycles. The first-order valence-electron chi connectivity index (χ1n) is 3.88. The van der Waals surface area contributed by atoms with Crippen molar-refractivity contribution >= 4 is 5.71 Å². The van der Waals surface area contributed by atoms with Gasteiger partial charge in [-0.1, -0.05) is 0 Å². The number of ether oxygens (including phenoxy) is 1. The van der Waals surface area contributed by atoms with E-state index >= 15 is 0 Å². The van der Waals surface area contributed by atoms with Gasteiger partial charge in [-0.05, 0) is 18.2 Å². The van der Waals surface area contributed by atoms with Crippen LogP contribution in [0.25, 0.3) is 0 Å². The fourth-order valence-electron chi connectivity index (χ4n) is 1.34. The molecule has 0 spiro atoms. The highest BCUT2D eigenvalue weighted by atomic mass is 19.1. The molecule has 4 heteroatoms. The lowest BCUT2D eigenvalue weighted by Gasteiger charge is -1.98. The Morgan fingerprint density at radius 2 is 2.31 bits per heavy atom. The van der Waals surface area contributed by atoms with Gasteiger partial charge in [0.1, 0.15) is 18.6 Å². The van der Waals surface area contributed by atoms with Crippen LogP contribution in [0.4, 0.5) is 4.39 Å².